The average Bonchev–Trinajstić information content (AvgIpc) is 3.14. The number of hydrogen-bond donors (Lipinski definition) is 2. The number of aliphatic carboxylic acids is 1. The zero-order valence-corrected chi connectivity index (χ0v) is 14.0. The summed E-state index contributed by atoms with van der Waals surface area (Å²) in [7, 11) is 0. The van der Waals surface area contributed by atoms with Gasteiger partial charge < -0.3 is 10.4 Å². The van der Waals surface area contributed by atoms with E-state index in [1.165, 1.54) is 16.9 Å². The Morgan fingerprint density at radius 2 is 2.00 bits per heavy atom. The molecule has 1 fully saturated rings. The number of carbonyl (C=O) groups is 2. The quantitative estimate of drug-likeness (QED) is 0.873. The smallest absolute Gasteiger partial charge is 0.305 e. The largest absolute Gasteiger partial charge is 0.481 e. The first kappa shape index (κ1) is 17.1. The van der Waals surface area contributed by atoms with E-state index in [1.807, 2.05) is 0 Å². The zero-order chi connectivity index (χ0) is 18.0. The second-order valence-corrected chi connectivity index (χ2v) is 6.52. The normalized spacial score (nSPS) is 15.9. The summed E-state index contributed by atoms with van der Waals surface area (Å²) in [6.45, 7) is 1.69. The molecule has 0 aliphatic heterocycles. The number of hydrogen-bond acceptors (Lipinski definition) is 3. The molecule has 1 aromatic carbocycles. The Kier molecular flexibility index (Phi) is 4.57. The van der Waals surface area contributed by atoms with Crippen LogP contribution in [0.1, 0.15) is 48.2 Å². The Hall–Kier alpha value is -2.70. The van der Waals surface area contributed by atoms with Gasteiger partial charge in [-0.3, -0.25) is 9.59 Å². The molecule has 3 rings (SSSR count). The summed E-state index contributed by atoms with van der Waals surface area (Å²) in [5.74, 6) is -1.73. The molecule has 2 N–H and O–H groups in total. The number of nitrogens with one attached hydrogen (secondary N) is 1. The van der Waals surface area contributed by atoms with E-state index in [-0.39, 0.29) is 18.0 Å². The summed E-state index contributed by atoms with van der Waals surface area (Å²) < 4.78 is 15.3. The van der Waals surface area contributed by atoms with Crippen LogP contribution >= 0.6 is 0 Å². The van der Waals surface area contributed by atoms with Gasteiger partial charge in [0.05, 0.1) is 29.4 Å². The van der Waals surface area contributed by atoms with Crippen molar-refractivity contribution >= 4 is 11.9 Å². The topological polar surface area (TPSA) is 84.2 Å². The number of carboxylic acid groups (broad SMARTS) is 1. The van der Waals surface area contributed by atoms with Crippen LogP contribution in [0.25, 0.3) is 5.69 Å². The molecule has 1 heterocycles. The summed E-state index contributed by atoms with van der Waals surface area (Å²) in [5, 5.41) is 16.2. The van der Waals surface area contributed by atoms with E-state index in [0.29, 0.717) is 24.1 Å². The van der Waals surface area contributed by atoms with E-state index >= 15 is 0 Å². The van der Waals surface area contributed by atoms with Gasteiger partial charge in [-0.15, -0.1) is 0 Å². The van der Waals surface area contributed by atoms with Crippen molar-refractivity contribution in [1.29, 1.82) is 0 Å². The maximum absolute atomic E-state index is 14.0. The van der Waals surface area contributed by atoms with Gasteiger partial charge in [-0.2, -0.15) is 5.10 Å². The van der Waals surface area contributed by atoms with Crippen molar-refractivity contribution in [2.45, 2.75) is 44.6 Å². The molecule has 0 atom stereocenters. The van der Waals surface area contributed by atoms with E-state index in [1.54, 1.807) is 25.1 Å². The molecule has 0 saturated heterocycles. The van der Waals surface area contributed by atoms with Crippen molar-refractivity contribution in [3.63, 3.8) is 0 Å². The van der Waals surface area contributed by atoms with E-state index in [9.17, 15) is 14.0 Å². The third kappa shape index (κ3) is 3.40. The molecule has 0 unspecified atom stereocenters. The van der Waals surface area contributed by atoms with Gasteiger partial charge in [-0.1, -0.05) is 25.0 Å². The highest BCUT2D eigenvalue weighted by molar-refractivity contribution is 5.96. The van der Waals surface area contributed by atoms with Gasteiger partial charge >= 0.3 is 5.97 Å². The van der Waals surface area contributed by atoms with Gasteiger partial charge in [0, 0.05) is 0 Å². The number of aromatic nitrogens is 2. The molecule has 1 saturated carbocycles. The number of benzene rings is 1. The molecule has 0 radical (unpaired) electrons. The minimum absolute atomic E-state index is 0.0980. The van der Waals surface area contributed by atoms with Gasteiger partial charge in [0.2, 0.25) is 0 Å². The van der Waals surface area contributed by atoms with Crippen molar-refractivity contribution in [2.75, 3.05) is 0 Å². The Morgan fingerprint density at radius 1 is 1.32 bits per heavy atom. The molecule has 0 spiro atoms. The molecule has 132 valence electrons. The van der Waals surface area contributed by atoms with Gasteiger partial charge in [-0.25, -0.2) is 9.07 Å². The fourth-order valence-corrected chi connectivity index (χ4v) is 3.49. The average molecular weight is 345 g/mol. The van der Waals surface area contributed by atoms with Crippen molar-refractivity contribution < 1.29 is 19.1 Å². The van der Waals surface area contributed by atoms with Gasteiger partial charge in [0.15, 0.2) is 0 Å². The first-order valence-electron chi connectivity index (χ1n) is 8.26. The van der Waals surface area contributed by atoms with Crippen LogP contribution in [0.15, 0.2) is 30.5 Å². The van der Waals surface area contributed by atoms with Crippen molar-refractivity contribution in [1.82, 2.24) is 15.1 Å². The molecule has 1 aliphatic rings. The van der Waals surface area contributed by atoms with E-state index in [0.717, 1.165) is 12.8 Å². The monoisotopic (exact) mass is 345 g/mol. The number of para-hydroxylation sites is 1. The molecule has 2 aromatic rings. The van der Waals surface area contributed by atoms with Crippen LogP contribution in [0.2, 0.25) is 0 Å². The summed E-state index contributed by atoms with van der Waals surface area (Å²) >= 11 is 0. The van der Waals surface area contributed by atoms with E-state index in [4.69, 9.17) is 5.11 Å². The van der Waals surface area contributed by atoms with Crippen LogP contribution in [0, 0.1) is 12.7 Å². The zero-order valence-electron chi connectivity index (χ0n) is 14.0. The summed E-state index contributed by atoms with van der Waals surface area (Å²) in [4.78, 5) is 23.8. The highest BCUT2D eigenvalue weighted by atomic mass is 19.1. The van der Waals surface area contributed by atoms with Gasteiger partial charge in [0.1, 0.15) is 11.5 Å². The first-order valence-corrected chi connectivity index (χ1v) is 8.26. The fraction of sp³-hybridized carbons (Fsp3) is 0.389. The number of carbonyl (C=O) groups excluding carboxylic acids is 1. The Balaban J connectivity index is 1.86. The van der Waals surface area contributed by atoms with Gasteiger partial charge in [-0.05, 0) is 31.9 Å². The lowest BCUT2D eigenvalue weighted by Gasteiger charge is -2.28. The van der Waals surface area contributed by atoms with Crippen LogP contribution in [-0.2, 0) is 4.79 Å². The molecule has 1 aromatic heterocycles. The predicted octanol–water partition coefficient (Wildman–Crippen LogP) is 2.84. The molecule has 1 aliphatic carbocycles. The highest BCUT2D eigenvalue weighted by Crippen LogP contribution is 2.33. The number of halogens is 1. The number of nitrogens with zero attached hydrogens (tertiary/aromatic N) is 2. The Labute approximate surface area is 144 Å². The maximum Gasteiger partial charge on any atom is 0.305 e. The maximum atomic E-state index is 14.0. The standard InChI is InChI=1S/C18H20FN3O3/c1-12-13(11-20-22(12)15-7-3-2-6-14(15)19)17(25)21-18(10-16(23)24)8-4-5-9-18/h2-3,6-7,11H,4-5,8-10H2,1H3,(H,21,25)(H,23,24). The van der Waals surface area contributed by atoms with Crippen LogP contribution in [0.4, 0.5) is 4.39 Å². The Bertz CT molecular complexity index is 810. The summed E-state index contributed by atoms with van der Waals surface area (Å²) in [5.41, 5.74) is 0.376. The second-order valence-electron chi connectivity index (χ2n) is 6.52. The SMILES string of the molecule is Cc1c(C(=O)NC2(CC(=O)O)CCCC2)cnn1-c1ccccc1F. The molecule has 1 amide bonds. The minimum atomic E-state index is -0.930. The lowest BCUT2D eigenvalue weighted by molar-refractivity contribution is -0.138. The number of carboxylic acids is 1. The first-order chi connectivity index (χ1) is 11.9. The van der Waals surface area contributed by atoms with Crippen LogP contribution < -0.4 is 5.32 Å². The number of rotatable bonds is 5. The number of amides is 1. The third-order valence-corrected chi connectivity index (χ3v) is 4.76. The Morgan fingerprint density at radius 3 is 2.64 bits per heavy atom. The van der Waals surface area contributed by atoms with Crippen LogP contribution in [-0.4, -0.2) is 32.3 Å². The molecule has 7 heteroatoms. The fourth-order valence-electron chi connectivity index (χ4n) is 3.49. The second kappa shape index (κ2) is 6.66. The molecular weight excluding hydrogens is 325 g/mol. The van der Waals surface area contributed by atoms with Crippen LogP contribution in [0.3, 0.4) is 0 Å². The van der Waals surface area contributed by atoms with E-state index < -0.39 is 17.3 Å². The van der Waals surface area contributed by atoms with Gasteiger partial charge in [0.25, 0.3) is 5.91 Å². The summed E-state index contributed by atoms with van der Waals surface area (Å²) in [6.07, 6.45) is 4.36. The third-order valence-electron chi connectivity index (χ3n) is 4.76. The summed E-state index contributed by atoms with van der Waals surface area (Å²) in [6, 6.07) is 6.19. The van der Waals surface area contributed by atoms with Crippen LogP contribution in [0.5, 0.6) is 0 Å². The molecule has 6 nitrogen and oxygen atoms in total. The minimum Gasteiger partial charge on any atom is -0.481 e. The lowest BCUT2D eigenvalue weighted by Crippen LogP contribution is -2.47. The predicted molar refractivity (Wildman–Crippen MR) is 89.2 cm³/mol. The van der Waals surface area contributed by atoms with Crippen molar-refractivity contribution in [3.8, 4) is 5.69 Å². The van der Waals surface area contributed by atoms with Crippen molar-refractivity contribution in [2.24, 2.45) is 0 Å². The molecule has 0 bridgehead atoms. The van der Waals surface area contributed by atoms with E-state index in [2.05, 4.69) is 10.4 Å². The highest BCUT2D eigenvalue weighted by Gasteiger charge is 2.38. The molecular formula is C18H20FN3O3. The lowest BCUT2D eigenvalue weighted by atomic mass is 9.92. The molecule has 25 heavy (non-hydrogen) atoms. The van der Waals surface area contributed by atoms with Crippen molar-refractivity contribution in [3.05, 3.63) is 47.5 Å².